The largest absolute Gasteiger partial charge is 0.481 e. The maximum absolute atomic E-state index is 12.7. The molecule has 4 atom stereocenters. The van der Waals surface area contributed by atoms with Gasteiger partial charge in [-0.3, -0.25) is 24.0 Å². The van der Waals surface area contributed by atoms with Crippen LogP contribution in [0.25, 0.3) is 0 Å². The topological polar surface area (TPSA) is 260 Å². The summed E-state index contributed by atoms with van der Waals surface area (Å²) in [4.78, 5) is 77.7. The first kappa shape index (κ1) is 28.4. The van der Waals surface area contributed by atoms with E-state index in [-0.39, 0.29) is 25.0 Å². The van der Waals surface area contributed by atoms with Crippen molar-refractivity contribution in [2.45, 2.75) is 49.9 Å². The van der Waals surface area contributed by atoms with Crippen molar-refractivity contribution in [2.24, 2.45) is 11.5 Å². The van der Waals surface area contributed by atoms with Crippen molar-refractivity contribution in [3.63, 3.8) is 0 Å². The van der Waals surface area contributed by atoms with Crippen LogP contribution in [0.4, 0.5) is 0 Å². The van der Waals surface area contributed by atoms with E-state index >= 15 is 0 Å². The van der Waals surface area contributed by atoms with Crippen LogP contribution in [-0.4, -0.2) is 85.7 Å². The summed E-state index contributed by atoms with van der Waals surface area (Å²) < 4.78 is 0. The molecule has 0 saturated carbocycles. The summed E-state index contributed by atoms with van der Waals surface area (Å²) >= 11 is 3.82. The van der Waals surface area contributed by atoms with Gasteiger partial charge in [-0.25, -0.2) is 9.78 Å². The van der Waals surface area contributed by atoms with E-state index in [1.165, 1.54) is 12.5 Å². The number of H-pyrrole nitrogens is 1. The van der Waals surface area contributed by atoms with Crippen LogP contribution in [0.2, 0.25) is 0 Å². The summed E-state index contributed by atoms with van der Waals surface area (Å²) in [7, 11) is 0. The van der Waals surface area contributed by atoms with Gasteiger partial charge in [0.2, 0.25) is 23.6 Å². The molecule has 1 aromatic heterocycles. The molecule has 0 aromatic carbocycles. The lowest BCUT2D eigenvalue weighted by Crippen LogP contribution is -2.58. The number of thiol groups is 1. The number of imidazole rings is 1. The van der Waals surface area contributed by atoms with Crippen LogP contribution in [0.15, 0.2) is 12.5 Å². The van der Waals surface area contributed by atoms with Crippen molar-refractivity contribution < 1.29 is 39.0 Å². The van der Waals surface area contributed by atoms with Gasteiger partial charge in [0.05, 0.1) is 18.8 Å². The van der Waals surface area contributed by atoms with Gasteiger partial charge in [0.25, 0.3) is 0 Å². The molecule has 0 fully saturated rings. The van der Waals surface area contributed by atoms with E-state index in [1.807, 2.05) is 0 Å². The van der Waals surface area contributed by atoms with Crippen LogP contribution in [0.1, 0.15) is 25.0 Å². The molecule has 0 aliphatic heterocycles. The number of aliphatic carboxylic acids is 2. The van der Waals surface area contributed by atoms with Gasteiger partial charge in [0.1, 0.15) is 18.1 Å². The van der Waals surface area contributed by atoms with Gasteiger partial charge >= 0.3 is 11.9 Å². The Morgan fingerprint density at radius 1 is 1.00 bits per heavy atom. The zero-order valence-electron chi connectivity index (χ0n) is 17.9. The summed E-state index contributed by atoms with van der Waals surface area (Å²) in [5.41, 5.74) is 11.4. The van der Waals surface area contributed by atoms with Gasteiger partial charge in [-0.05, 0) is 6.42 Å². The van der Waals surface area contributed by atoms with Crippen molar-refractivity contribution in [1.82, 2.24) is 25.9 Å². The summed E-state index contributed by atoms with van der Waals surface area (Å²) in [5, 5.41) is 24.8. The maximum Gasteiger partial charge on any atom is 0.327 e. The molecule has 1 rings (SSSR count). The molecule has 188 valence electrons. The molecule has 0 aliphatic carbocycles. The number of rotatable bonds is 15. The molecule has 34 heavy (non-hydrogen) atoms. The summed E-state index contributed by atoms with van der Waals surface area (Å²) in [6.07, 6.45) is 1.34. The Morgan fingerprint density at radius 2 is 1.59 bits per heavy atom. The van der Waals surface area contributed by atoms with Crippen LogP contribution in [0, 0.1) is 0 Å². The Hall–Kier alpha value is -3.66. The number of hydrogen-bond donors (Lipinski definition) is 9. The highest BCUT2D eigenvalue weighted by atomic mass is 32.1. The molecule has 1 aromatic rings. The van der Waals surface area contributed by atoms with E-state index in [0.717, 1.165) is 0 Å². The second kappa shape index (κ2) is 13.8. The Kier molecular flexibility index (Phi) is 11.5. The molecule has 0 bridgehead atoms. The van der Waals surface area contributed by atoms with Crippen LogP contribution in [0.3, 0.4) is 0 Å². The number of carbonyl (C=O) groups excluding carboxylic acids is 4. The van der Waals surface area contributed by atoms with E-state index in [4.69, 9.17) is 21.7 Å². The number of carboxylic acid groups (broad SMARTS) is 2. The molecular formula is C18H27N7O8S. The van der Waals surface area contributed by atoms with Crippen molar-refractivity contribution in [1.29, 1.82) is 0 Å². The van der Waals surface area contributed by atoms with Crippen LogP contribution < -0.4 is 27.4 Å². The number of carboxylic acids is 2. The van der Waals surface area contributed by atoms with Gasteiger partial charge in [0, 0.05) is 30.5 Å². The molecule has 4 unspecified atom stereocenters. The summed E-state index contributed by atoms with van der Waals surface area (Å²) in [6.45, 7) is 0. The highest BCUT2D eigenvalue weighted by molar-refractivity contribution is 7.80. The van der Waals surface area contributed by atoms with Gasteiger partial charge in [-0.15, -0.1) is 0 Å². The number of hydrogen-bond acceptors (Lipinski definition) is 9. The number of aromatic amines is 1. The monoisotopic (exact) mass is 501 g/mol. The van der Waals surface area contributed by atoms with E-state index in [2.05, 4.69) is 38.5 Å². The Labute approximate surface area is 198 Å². The van der Waals surface area contributed by atoms with E-state index in [1.54, 1.807) is 0 Å². The fourth-order valence-corrected chi connectivity index (χ4v) is 2.92. The molecule has 10 N–H and O–H groups in total. The number of aromatic nitrogens is 2. The van der Waals surface area contributed by atoms with E-state index in [9.17, 15) is 28.8 Å². The third-order valence-corrected chi connectivity index (χ3v) is 4.82. The average molecular weight is 502 g/mol. The normalized spacial score (nSPS) is 14.2. The first-order valence-corrected chi connectivity index (χ1v) is 10.6. The Balaban J connectivity index is 2.95. The lowest BCUT2D eigenvalue weighted by Gasteiger charge is -2.24. The highest BCUT2D eigenvalue weighted by Crippen LogP contribution is 2.04. The first-order valence-electron chi connectivity index (χ1n) is 9.92. The highest BCUT2D eigenvalue weighted by Gasteiger charge is 2.31. The molecule has 15 nitrogen and oxygen atoms in total. The fourth-order valence-electron chi connectivity index (χ4n) is 2.67. The quantitative estimate of drug-likeness (QED) is 0.107. The number of carbonyl (C=O) groups is 6. The second-order valence-corrected chi connectivity index (χ2v) is 7.56. The zero-order chi connectivity index (χ0) is 25.8. The van der Waals surface area contributed by atoms with Crippen molar-refractivity contribution in [3.8, 4) is 0 Å². The van der Waals surface area contributed by atoms with Crippen molar-refractivity contribution in [3.05, 3.63) is 18.2 Å². The summed E-state index contributed by atoms with van der Waals surface area (Å²) in [6, 6.07) is -5.61. The Morgan fingerprint density at radius 3 is 2.09 bits per heavy atom. The fraction of sp³-hybridized carbons (Fsp3) is 0.500. The van der Waals surface area contributed by atoms with Crippen molar-refractivity contribution in [2.75, 3.05) is 5.75 Å². The third-order valence-electron chi connectivity index (χ3n) is 4.45. The lowest BCUT2D eigenvalue weighted by molar-refractivity contribution is -0.143. The zero-order valence-corrected chi connectivity index (χ0v) is 18.8. The van der Waals surface area contributed by atoms with Crippen molar-refractivity contribution >= 4 is 48.2 Å². The molecule has 0 saturated heterocycles. The molecule has 0 radical (unpaired) electrons. The molecular weight excluding hydrogens is 474 g/mol. The number of nitrogens with zero attached hydrogens (tertiary/aromatic N) is 1. The third kappa shape index (κ3) is 9.86. The minimum Gasteiger partial charge on any atom is -0.481 e. The Bertz CT molecular complexity index is 895. The molecule has 0 aliphatic rings. The SMILES string of the molecule is NC(=O)CCC(NC(=O)C(CC(=O)O)NC(=O)C(N)Cc1cnc[nH]1)C(=O)NC(CS)C(=O)O. The standard InChI is InChI=1S/C18H27N7O8S/c19-9(3-8-5-21-7-22-8)15(29)24-11(4-14(27)28)17(31)23-10(1-2-13(20)26)16(30)25-12(6-34)18(32)33/h5,7,9-12,34H,1-4,6,19H2,(H2,20,26)(H,21,22)(H,23,31)(H,24,29)(H,25,30)(H,27,28)(H,32,33). The molecule has 1 heterocycles. The predicted octanol–water partition coefficient (Wildman–Crippen LogP) is -3.51. The van der Waals surface area contributed by atoms with Gasteiger partial charge in [0.15, 0.2) is 0 Å². The first-order chi connectivity index (χ1) is 15.9. The van der Waals surface area contributed by atoms with E-state index in [0.29, 0.717) is 5.69 Å². The van der Waals surface area contributed by atoms with Gasteiger partial charge < -0.3 is 42.6 Å². The molecule has 0 spiro atoms. The second-order valence-electron chi connectivity index (χ2n) is 7.19. The van der Waals surface area contributed by atoms with Crippen LogP contribution in [0.5, 0.6) is 0 Å². The maximum atomic E-state index is 12.7. The number of primary amides is 1. The van der Waals surface area contributed by atoms with Crippen LogP contribution >= 0.6 is 12.6 Å². The predicted molar refractivity (Wildman–Crippen MR) is 118 cm³/mol. The average Bonchev–Trinajstić information content (AvgIpc) is 3.26. The molecule has 16 heteroatoms. The van der Waals surface area contributed by atoms with E-state index < -0.39 is 66.2 Å². The molecule has 4 amide bonds. The lowest BCUT2D eigenvalue weighted by atomic mass is 10.1. The summed E-state index contributed by atoms with van der Waals surface area (Å²) in [5.74, 6) is -6.73. The number of amides is 4. The number of nitrogens with two attached hydrogens (primary N) is 2. The smallest absolute Gasteiger partial charge is 0.327 e. The van der Waals surface area contributed by atoms with Gasteiger partial charge in [-0.1, -0.05) is 0 Å². The minimum absolute atomic E-state index is 0.0250. The minimum atomic E-state index is -1.62. The number of nitrogens with one attached hydrogen (secondary N) is 4. The van der Waals surface area contributed by atoms with Crippen LogP contribution in [-0.2, 0) is 35.2 Å². The van der Waals surface area contributed by atoms with Gasteiger partial charge in [-0.2, -0.15) is 12.6 Å².